The lowest BCUT2D eigenvalue weighted by molar-refractivity contribution is 0.628. The van der Waals surface area contributed by atoms with Gasteiger partial charge in [0.2, 0.25) is 0 Å². The Morgan fingerprint density at radius 3 is 0.942 bits per heavy atom. The minimum atomic E-state index is -3.06. The predicted octanol–water partition coefficient (Wildman–Crippen LogP) is 9.67. The maximum absolute atomic E-state index is 15.2. The standard InChI is InChI=1S/C46H32F4P2/c1-51(37-17-7-13-33(47)27-37,38-18-8-14-34(48)28-38)43-25-23-31-11-3-5-21-41(31)45(43)46-42-22-6-4-12-32(42)24-26-44(46)52(2,39-19-9-15-35(49)29-39)40-20-10-16-36(50)30-40/h3-30H,1-2H2. The summed E-state index contributed by atoms with van der Waals surface area (Å²) in [6.45, 7) is -6.11. The third kappa shape index (κ3) is 5.64. The molecule has 0 fully saturated rings. The minimum absolute atomic E-state index is 0.421. The van der Waals surface area contributed by atoms with Crippen LogP contribution >= 0.6 is 13.8 Å². The van der Waals surface area contributed by atoms with Crippen molar-refractivity contribution in [3.63, 3.8) is 0 Å². The van der Waals surface area contributed by atoms with Gasteiger partial charge in [0, 0.05) is 0 Å². The van der Waals surface area contributed by atoms with Crippen molar-refractivity contribution < 1.29 is 17.6 Å². The number of hydrogen-bond acceptors (Lipinski definition) is 0. The Morgan fingerprint density at radius 1 is 0.327 bits per heavy atom. The van der Waals surface area contributed by atoms with E-state index in [1.807, 2.05) is 84.9 Å². The number of hydrogen-bond donors (Lipinski definition) is 0. The Labute approximate surface area is 300 Å². The van der Waals surface area contributed by atoms with Gasteiger partial charge in [0.1, 0.15) is 23.3 Å². The molecule has 8 aromatic rings. The molecule has 0 saturated carbocycles. The number of fused-ring (bicyclic) bond motifs is 2. The molecule has 0 aliphatic carbocycles. The molecule has 0 saturated heterocycles. The Hall–Kier alpha value is -5.40. The molecule has 0 spiro atoms. The summed E-state index contributed by atoms with van der Waals surface area (Å²) in [5, 5.41) is 7.90. The molecule has 0 amide bonds. The van der Waals surface area contributed by atoms with Crippen LogP contribution in [0, 0.1) is 23.3 Å². The molecular formula is C46H32F4P2. The molecule has 0 aliphatic rings. The number of halogens is 4. The third-order valence-corrected chi connectivity index (χ3v) is 16.9. The second kappa shape index (κ2) is 13.3. The van der Waals surface area contributed by atoms with E-state index in [4.69, 9.17) is 12.6 Å². The van der Waals surface area contributed by atoms with Gasteiger partial charge in [-0.1, -0.05) is 134 Å². The molecule has 0 aromatic heterocycles. The Balaban J connectivity index is 1.60. The van der Waals surface area contributed by atoms with Gasteiger partial charge in [-0.2, -0.15) is 0 Å². The number of benzene rings is 8. The highest BCUT2D eigenvalue weighted by atomic mass is 31.2. The van der Waals surface area contributed by atoms with E-state index < -0.39 is 37.0 Å². The summed E-state index contributed by atoms with van der Waals surface area (Å²) in [5.74, 6) is -1.69. The number of rotatable bonds is 7. The molecule has 0 heterocycles. The van der Waals surface area contributed by atoms with Crippen LogP contribution in [0.4, 0.5) is 17.6 Å². The van der Waals surface area contributed by atoms with Crippen molar-refractivity contribution in [2.45, 2.75) is 0 Å². The minimum Gasteiger partial charge on any atom is -0.207 e. The van der Waals surface area contributed by atoms with E-state index in [0.717, 1.165) is 43.3 Å². The first kappa shape index (κ1) is 33.7. The summed E-state index contributed by atoms with van der Waals surface area (Å²) >= 11 is 0. The summed E-state index contributed by atoms with van der Waals surface area (Å²) < 4.78 is 60.8. The molecule has 6 heteroatoms. The first-order chi connectivity index (χ1) is 25.2. The zero-order chi connectivity index (χ0) is 36.0. The predicted molar refractivity (Wildman–Crippen MR) is 218 cm³/mol. The highest BCUT2D eigenvalue weighted by Crippen LogP contribution is 2.51. The van der Waals surface area contributed by atoms with Crippen LogP contribution in [0.15, 0.2) is 170 Å². The third-order valence-electron chi connectivity index (χ3n) is 9.88. The molecule has 0 nitrogen and oxygen atoms in total. The molecule has 52 heavy (non-hydrogen) atoms. The fraction of sp³-hybridized carbons (Fsp3) is 0. The van der Waals surface area contributed by atoms with E-state index in [-0.39, 0.29) is 0 Å². The normalized spacial score (nSPS) is 12.0. The Bertz CT molecular complexity index is 2480. The maximum atomic E-state index is 15.2. The molecule has 0 radical (unpaired) electrons. The summed E-state index contributed by atoms with van der Waals surface area (Å²) in [5.41, 5.74) is 1.67. The summed E-state index contributed by atoms with van der Waals surface area (Å²) in [6.07, 6.45) is 9.88. The van der Waals surface area contributed by atoms with Crippen LogP contribution in [0.3, 0.4) is 0 Å². The molecule has 8 rings (SSSR count). The van der Waals surface area contributed by atoms with Crippen molar-refractivity contribution in [2.75, 3.05) is 0 Å². The van der Waals surface area contributed by atoms with Gasteiger partial charge < -0.3 is 0 Å². The summed E-state index contributed by atoms with van der Waals surface area (Å²) in [6, 6.07) is 49.8. The molecule has 8 aromatic carbocycles. The van der Waals surface area contributed by atoms with Crippen LogP contribution in [0.2, 0.25) is 0 Å². The van der Waals surface area contributed by atoms with Gasteiger partial charge in [0.15, 0.2) is 0 Å². The zero-order valence-corrected chi connectivity index (χ0v) is 29.8. The quantitative estimate of drug-likeness (QED) is 0.114. The second-order valence-corrected chi connectivity index (χ2v) is 19.2. The lowest BCUT2D eigenvalue weighted by atomic mass is 9.93. The van der Waals surface area contributed by atoms with E-state index in [2.05, 4.69) is 12.1 Å². The zero-order valence-electron chi connectivity index (χ0n) is 28.0. The Kier molecular flexibility index (Phi) is 8.62. The van der Waals surface area contributed by atoms with Gasteiger partial charge in [-0.15, -0.1) is 0 Å². The van der Waals surface area contributed by atoms with Crippen LogP contribution in [0.1, 0.15) is 0 Å². The molecule has 254 valence electrons. The van der Waals surface area contributed by atoms with E-state index in [0.29, 0.717) is 21.2 Å². The van der Waals surface area contributed by atoms with Crippen molar-refractivity contribution in [3.05, 3.63) is 193 Å². The van der Waals surface area contributed by atoms with Crippen molar-refractivity contribution >= 4 is 79.7 Å². The van der Waals surface area contributed by atoms with Gasteiger partial charge in [-0.3, -0.25) is 0 Å². The molecule has 0 bridgehead atoms. The SMILES string of the molecule is C=P(c1cccc(F)c1)(c1cccc(F)c1)c1ccc2ccccc2c1-c1c(P(=C)(c2cccc(F)c2)c2cccc(F)c2)ccc2ccccc12. The lowest BCUT2D eigenvalue weighted by Gasteiger charge is -2.33. The fourth-order valence-corrected chi connectivity index (χ4v) is 13.7. The van der Waals surface area contributed by atoms with Crippen LogP contribution < -0.4 is 31.8 Å². The first-order valence-corrected chi connectivity index (χ1v) is 20.7. The Morgan fingerprint density at radius 2 is 0.635 bits per heavy atom. The lowest BCUT2D eigenvalue weighted by Crippen LogP contribution is -2.31. The van der Waals surface area contributed by atoms with Gasteiger partial charge >= 0.3 is 0 Å². The van der Waals surface area contributed by atoms with E-state index in [9.17, 15) is 0 Å². The van der Waals surface area contributed by atoms with Crippen molar-refractivity contribution in [1.82, 2.24) is 0 Å². The highest BCUT2D eigenvalue weighted by molar-refractivity contribution is 7.94. The van der Waals surface area contributed by atoms with Crippen molar-refractivity contribution in [1.29, 1.82) is 0 Å². The fourth-order valence-electron chi connectivity index (χ4n) is 7.39. The summed E-state index contributed by atoms with van der Waals surface area (Å²) in [4.78, 5) is 0. The van der Waals surface area contributed by atoms with Crippen molar-refractivity contribution in [3.8, 4) is 11.1 Å². The largest absolute Gasteiger partial charge is 0.207 e. The highest BCUT2D eigenvalue weighted by Gasteiger charge is 2.33. The van der Waals surface area contributed by atoms with Gasteiger partial charge in [-0.25, -0.2) is 17.6 Å². The molecule has 0 aliphatic heterocycles. The molecular weight excluding hydrogens is 690 g/mol. The van der Waals surface area contributed by atoms with Gasteiger partial charge in [0.25, 0.3) is 0 Å². The molecule has 0 unspecified atom stereocenters. The second-order valence-electron chi connectivity index (χ2n) is 12.9. The summed E-state index contributed by atoms with van der Waals surface area (Å²) in [7, 11) is 0. The van der Waals surface area contributed by atoms with Crippen LogP contribution in [0.5, 0.6) is 0 Å². The average Bonchev–Trinajstić information content (AvgIpc) is 3.16. The van der Waals surface area contributed by atoms with Gasteiger partial charge in [-0.05, 0) is 127 Å². The smallest absolute Gasteiger partial charge is 0.123 e. The van der Waals surface area contributed by atoms with Crippen molar-refractivity contribution in [2.24, 2.45) is 0 Å². The van der Waals surface area contributed by atoms with Crippen LogP contribution in [0.25, 0.3) is 32.7 Å². The molecule has 0 atom stereocenters. The first-order valence-electron chi connectivity index (χ1n) is 16.7. The van der Waals surface area contributed by atoms with Crippen LogP contribution in [-0.4, -0.2) is 12.6 Å². The molecule has 0 N–H and O–H groups in total. The van der Waals surface area contributed by atoms with E-state index >= 15 is 17.6 Å². The van der Waals surface area contributed by atoms with E-state index in [1.54, 1.807) is 24.3 Å². The maximum Gasteiger partial charge on any atom is 0.123 e. The average molecular weight is 723 g/mol. The van der Waals surface area contributed by atoms with E-state index in [1.165, 1.54) is 48.5 Å². The monoisotopic (exact) mass is 722 g/mol. The van der Waals surface area contributed by atoms with Crippen LogP contribution in [-0.2, 0) is 0 Å². The van der Waals surface area contributed by atoms with Gasteiger partial charge in [0.05, 0.1) is 0 Å². The topological polar surface area (TPSA) is 0 Å².